The summed E-state index contributed by atoms with van der Waals surface area (Å²) in [5.74, 6) is -1.33. The number of nitrogens with one attached hydrogen (secondary N) is 1. The largest absolute Gasteiger partial charge is 0.395 e. The van der Waals surface area contributed by atoms with Gasteiger partial charge in [0.15, 0.2) is 0 Å². The van der Waals surface area contributed by atoms with Crippen molar-refractivity contribution in [2.24, 2.45) is 7.05 Å². The zero-order chi connectivity index (χ0) is 12.3. The Labute approximate surface area is 93.3 Å². The number of carbonyl (C=O) groups is 2. The van der Waals surface area contributed by atoms with Crippen LogP contribution in [0.2, 0.25) is 0 Å². The topological polar surface area (TPSA) is 84.2 Å². The van der Waals surface area contributed by atoms with Crippen LogP contribution in [-0.4, -0.2) is 39.7 Å². The maximum absolute atomic E-state index is 11.8. The first-order valence-electron chi connectivity index (χ1n) is 4.92. The van der Waals surface area contributed by atoms with Crippen LogP contribution < -0.4 is 5.32 Å². The lowest BCUT2D eigenvalue weighted by atomic mass is 10.1. The third-order valence-corrected chi connectivity index (χ3v) is 2.34. The van der Waals surface area contributed by atoms with E-state index >= 15 is 0 Å². The molecule has 6 nitrogen and oxygen atoms in total. The van der Waals surface area contributed by atoms with E-state index in [4.69, 9.17) is 5.11 Å². The lowest BCUT2D eigenvalue weighted by molar-refractivity contribution is -0.117. The summed E-state index contributed by atoms with van der Waals surface area (Å²) in [5, 5.41) is 14.9. The monoisotopic (exact) mass is 225 g/mol. The summed E-state index contributed by atoms with van der Waals surface area (Å²) in [5.41, 5.74) is 1.52. The molecule has 0 atom stereocenters. The van der Waals surface area contributed by atoms with E-state index in [-0.39, 0.29) is 13.2 Å². The smallest absolute Gasteiger partial charge is 0.292 e. The van der Waals surface area contributed by atoms with Crippen LogP contribution in [0.1, 0.15) is 21.7 Å². The number of aliphatic hydroxyl groups is 1. The van der Waals surface area contributed by atoms with Gasteiger partial charge in [-0.2, -0.15) is 5.10 Å². The molecule has 16 heavy (non-hydrogen) atoms. The van der Waals surface area contributed by atoms with Crippen molar-refractivity contribution in [1.82, 2.24) is 15.1 Å². The Morgan fingerprint density at radius 3 is 2.50 bits per heavy atom. The van der Waals surface area contributed by atoms with E-state index in [0.717, 1.165) is 0 Å². The summed E-state index contributed by atoms with van der Waals surface area (Å²) in [7, 11) is 1.71. The molecule has 1 aromatic rings. The third-order valence-electron chi connectivity index (χ3n) is 2.34. The number of carbonyl (C=O) groups excluding carboxylic acids is 2. The van der Waals surface area contributed by atoms with E-state index in [1.807, 2.05) is 0 Å². The molecule has 0 saturated heterocycles. The molecule has 1 amide bonds. The fourth-order valence-corrected chi connectivity index (χ4v) is 1.47. The second kappa shape index (κ2) is 4.89. The van der Waals surface area contributed by atoms with Gasteiger partial charge in [0.2, 0.25) is 0 Å². The number of nitrogens with zero attached hydrogens (tertiary/aromatic N) is 2. The molecule has 1 aromatic heterocycles. The van der Waals surface area contributed by atoms with Gasteiger partial charge in [-0.3, -0.25) is 14.3 Å². The first-order valence-corrected chi connectivity index (χ1v) is 4.92. The number of hydrogen-bond donors (Lipinski definition) is 2. The second-order valence-corrected chi connectivity index (χ2v) is 3.48. The summed E-state index contributed by atoms with van der Waals surface area (Å²) < 4.78 is 1.56. The fraction of sp³-hybridized carbons (Fsp3) is 0.500. The predicted molar refractivity (Wildman–Crippen MR) is 57.1 cm³/mol. The van der Waals surface area contributed by atoms with Crippen LogP contribution in [-0.2, 0) is 11.8 Å². The molecule has 0 unspecified atom stereocenters. The van der Waals surface area contributed by atoms with E-state index in [9.17, 15) is 9.59 Å². The molecule has 0 spiro atoms. The summed E-state index contributed by atoms with van der Waals surface area (Å²) in [6.45, 7) is 3.29. The molecule has 1 heterocycles. The Kier molecular flexibility index (Phi) is 3.78. The van der Waals surface area contributed by atoms with Crippen molar-refractivity contribution >= 4 is 11.7 Å². The molecule has 0 aliphatic carbocycles. The number of aromatic nitrogens is 2. The number of aliphatic hydroxyl groups excluding tert-OH is 1. The zero-order valence-corrected chi connectivity index (χ0v) is 9.57. The molecule has 0 radical (unpaired) electrons. The average Bonchev–Trinajstić information content (AvgIpc) is 2.49. The van der Waals surface area contributed by atoms with E-state index in [1.54, 1.807) is 25.6 Å². The minimum atomic E-state index is -0.715. The Morgan fingerprint density at radius 1 is 1.44 bits per heavy atom. The zero-order valence-electron chi connectivity index (χ0n) is 9.57. The Morgan fingerprint density at radius 2 is 2.06 bits per heavy atom. The van der Waals surface area contributed by atoms with Crippen molar-refractivity contribution < 1.29 is 14.7 Å². The van der Waals surface area contributed by atoms with Gasteiger partial charge in [-0.25, -0.2) is 0 Å². The average molecular weight is 225 g/mol. The molecule has 6 heteroatoms. The highest BCUT2D eigenvalue weighted by atomic mass is 16.3. The van der Waals surface area contributed by atoms with Gasteiger partial charge in [-0.15, -0.1) is 0 Å². The van der Waals surface area contributed by atoms with E-state index < -0.39 is 11.7 Å². The summed E-state index contributed by atoms with van der Waals surface area (Å²) in [4.78, 5) is 23.2. The van der Waals surface area contributed by atoms with Gasteiger partial charge in [0.1, 0.15) is 0 Å². The molecule has 2 N–H and O–H groups in total. The van der Waals surface area contributed by atoms with Crippen molar-refractivity contribution in [3.05, 3.63) is 17.0 Å². The highest BCUT2D eigenvalue weighted by Crippen LogP contribution is 2.12. The molecule has 0 bridgehead atoms. The molecule has 0 fully saturated rings. The maximum Gasteiger partial charge on any atom is 0.292 e. The Bertz CT molecular complexity index is 423. The Hall–Kier alpha value is -1.69. The van der Waals surface area contributed by atoms with Crippen LogP contribution >= 0.6 is 0 Å². The van der Waals surface area contributed by atoms with Crippen LogP contribution in [0.4, 0.5) is 0 Å². The highest BCUT2D eigenvalue weighted by molar-refractivity contribution is 6.43. The molecule has 0 aromatic carbocycles. The van der Waals surface area contributed by atoms with Crippen LogP contribution in [0.25, 0.3) is 0 Å². The number of rotatable bonds is 4. The molecule has 1 rings (SSSR count). The molecule has 0 saturated carbocycles. The number of amides is 1. The Balaban J connectivity index is 2.92. The van der Waals surface area contributed by atoms with Gasteiger partial charge in [0.25, 0.3) is 11.7 Å². The van der Waals surface area contributed by atoms with Gasteiger partial charge in [-0.05, 0) is 13.8 Å². The molecule has 0 aliphatic rings. The van der Waals surface area contributed by atoms with Gasteiger partial charge in [0, 0.05) is 19.3 Å². The fourth-order valence-electron chi connectivity index (χ4n) is 1.47. The van der Waals surface area contributed by atoms with E-state index in [0.29, 0.717) is 17.0 Å². The first-order chi connectivity index (χ1) is 7.49. The van der Waals surface area contributed by atoms with Crippen LogP contribution in [0.3, 0.4) is 0 Å². The summed E-state index contributed by atoms with van der Waals surface area (Å²) in [6.07, 6.45) is 0. The van der Waals surface area contributed by atoms with E-state index in [2.05, 4.69) is 10.4 Å². The molecular formula is C10H15N3O3. The lowest BCUT2D eigenvalue weighted by Crippen LogP contribution is -2.33. The standard InChI is InChI=1S/C10H15N3O3/c1-6-8(7(2)13(3)12-6)9(15)10(16)11-4-5-14/h14H,4-5H2,1-3H3,(H,11,16). The van der Waals surface area contributed by atoms with Crippen LogP contribution in [0.5, 0.6) is 0 Å². The van der Waals surface area contributed by atoms with Crippen molar-refractivity contribution in [3.63, 3.8) is 0 Å². The molecule has 0 aliphatic heterocycles. The molecular weight excluding hydrogens is 210 g/mol. The molecule has 88 valence electrons. The highest BCUT2D eigenvalue weighted by Gasteiger charge is 2.23. The van der Waals surface area contributed by atoms with Crippen LogP contribution in [0, 0.1) is 13.8 Å². The quantitative estimate of drug-likeness (QED) is 0.525. The van der Waals surface area contributed by atoms with Gasteiger partial charge in [0.05, 0.1) is 17.9 Å². The lowest BCUT2D eigenvalue weighted by Gasteiger charge is -2.02. The van der Waals surface area contributed by atoms with Crippen molar-refractivity contribution in [2.45, 2.75) is 13.8 Å². The summed E-state index contributed by atoms with van der Waals surface area (Å²) in [6, 6.07) is 0. The summed E-state index contributed by atoms with van der Waals surface area (Å²) >= 11 is 0. The third kappa shape index (κ3) is 2.27. The second-order valence-electron chi connectivity index (χ2n) is 3.48. The van der Waals surface area contributed by atoms with Crippen molar-refractivity contribution in [1.29, 1.82) is 0 Å². The maximum atomic E-state index is 11.8. The van der Waals surface area contributed by atoms with E-state index in [1.165, 1.54) is 0 Å². The van der Waals surface area contributed by atoms with Gasteiger partial charge in [-0.1, -0.05) is 0 Å². The van der Waals surface area contributed by atoms with Crippen molar-refractivity contribution in [2.75, 3.05) is 13.2 Å². The SMILES string of the molecule is Cc1nn(C)c(C)c1C(=O)C(=O)NCCO. The number of aryl methyl sites for hydroxylation is 2. The first kappa shape index (κ1) is 12.4. The van der Waals surface area contributed by atoms with Crippen LogP contribution in [0.15, 0.2) is 0 Å². The van der Waals surface area contributed by atoms with Crippen molar-refractivity contribution in [3.8, 4) is 0 Å². The van der Waals surface area contributed by atoms with Gasteiger partial charge < -0.3 is 10.4 Å². The van der Waals surface area contributed by atoms with Gasteiger partial charge >= 0.3 is 0 Å². The minimum absolute atomic E-state index is 0.0724. The predicted octanol–water partition coefficient (Wildman–Crippen LogP) is -0.672. The number of Topliss-reactive ketones (excluding diaryl/α,β-unsaturated/α-hetero) is 1. The number of hydrogen-bond acceptors (Lipinski definition) is 4. The normalized spacial score (nSPS) is 10.2. The number of ketones is 1. The minimum Gasteiger partial charge on any atom is -0.395 e.